The predicted octanol–water partition coefficient (Wildman–Crippen LogP) is 1.59. The Hall–Kier alpha value is -2.04. The molecule has 0 radical (unpaired) electrons. The van der Waals surface area contributed by atoms with E-state index in [2.05, 4.69) is 23.9 Å². The minimum Gasteiger partial charge on any atom is -0.468 e. The van der Waals surface area contributed by atoms with E-state index in [0.29, 0.717) is 11.3 Å². The monoisotopic (exact) mass is 252 g/mol. The van der Waals surface area contributed by atoms with Gasteiger partial charge in [0.05, 0.1) is 12.7 Å². The highest BCUT2D eigenvalue weighted by Gasteiger charge is 2.09. The van der Waals surface area contributed by atoms with Gasteiger partial charge in [0.25, 0.3) is 5.91 Å². The minimum absolute atomic E-state index is 0.163. The fraction of sp³-hybridized carbons (Fsp3) is 0.385. The third-order valence-electron chi connectivity index (χ3n) is 1.83. The van der Waals surface area contributed by atoms with Crippen molar-refractivity contribution in [1.82, 2.24) is 5.32 Å². The Kier molecular flexibility index (Phi) is 8.01. The smallest absolute Gasteiger partial charge is 0.325 e. The summed E-state index contributed by atoms with van der Waals surface area (Å²) < 4.78 is 4.38. The number of para-hydroxylation sites is 1. The summed E-state index contributed by atoms with van der Waals surface area (Å²) in [5.74, 6) is -0.892. The van der Waals surface area contributed by atoms with Crippen LogP contribution in [0.4, 0.5) is 5.69 Å². The van der Waals surface area contributed by atoms with Gasteiger partial charge in [-0.3, -0.25) is 9.59 Å². The molecule has 0 saturated carbocycles. The maximum Gasteiger partial charge on any atom is 0.325 e. The van der Waals surface area contributed by atoms with Crippen molar-refractivity contribution in [3.05, 3.63) is 29.8 Å². The molecule has 0 unspecified atom stereocenters. The van der Waals surface area contributed by atoms with Crippen LogP contribution in [0.1, 0.15) is 30.6 Å². The molecule has 0 heterocycles. The van der Waals surface area contributed by atoms with Crippen LogP contribution in [-0.2, 0) is 9.53 Å². The van der Waals surface area contributed by atoms with E-state index in [9.17, 15) is 9.59 Å². The van der Waals surface area contributed by atoms with Gasteiger partial charge in [0, 0.05) is 5.69 Å². The quantitative estimate of drug-likeness (QED) is 0.632. The lowest BCUT2D eigenvalue weighted by Crippen LogP contribution is -2.30. The molecule has 3 N–H and O–H groups in total. The number of hydrogen-bond acceptors (Lipinski definition) is 4. The zero-order chi connectivity index (χ0) is 14.0. The molecular weight excluding hydrogens is 232 g/mol. The van der Waals surface area contributed by atoms with Crippen molar-refractivity contribution in [2.24, 2.45) is 0 Å². The van der Waals surface area contributed by atoms with E-state index < -0.39 is 11.9 Å². The Morgan fingerprint density at radius 1 is 1.28 bits per heavy atom. The number of anilines is 1. The van der Waals surface area contributed by atoms with Crippen LogP contribution >= 0.6 is 0 Å². The second-order valence-electron chi connectivity index (χ2n) is 3.55. The first-order valence-corrected chi connectivity index (χ1v) is 5.76. The van der Waals surface area contributed by atoms with E-state index in [-0.39, 0.29) is 6.54 Å². The number of nitrogens with one attached hydrogen (secondary N) is 1. The van der Waals surface area contributed by atoms with Gasteiger partial charge in [-0.1, -0.05) is 32.4 Å². The van der Waals surface area contributed by atoms with Crippen molar-refractivity contribution in [3.63, 3.8) is 0 Å². The first-order valence-electron chi connectivity index (χ1n) is 5.76. The van der Waals surface area contributed by atoms with E-state index in [0.717, 1.165) is 0 Å². The molecule has 0 aliphatic carbocycles. The summed E-state index contributed by atoms with van der Waals surface area (Å²) in [6.45, 7) is 4.09. The number of esters is 1. The van der Waals surface area contributed by atoms with Gasteiger partial charge >= 0.3 is 5.97 Å². The summed E-state index contributed by atoms with van der Waals surface area (Å²) in [5, 5.41) is 2.40. The van der Waals surface area contributed by atoms with Gasteiger partial charge in [0.15, 0.2) is 0 Å². The van der Waals surface area contributed by atoms with Crippen LogP contribution in [0.25, 0.3) is 0 Å². The van der Waals surface area contributed by atoms with Crippen LogP contribution in [0, 0.1) is 0 Å². The van der Waals surface area contributed by atoms with Crippen molar-refractivity contribution in [2.75, 3.05) is 19.4 Å². The van der Waals surface area contributed by atoms with Gasteiger partial charge in [-0.2, -0.15) is 0 Å². The average molecular weight is 252 g/mol. The normalized spacial score (nSPS) is 8.83. The Bertz CT molecular complexity index is 392. The fourth-order valence-corrected chi connectivity index (χ4v) is 1.02. The van der Waals surface area contributed by atoms with Crippen LogP contribution in [-0.4, -0.2) is 25.5 Å². The number of benzene rings is 1. The standard InChI is InChI=1S/C10H12N2O3.C3H8/c1-15-9(13)6-12-10(14)7-4-2-3-5-8(7)11;1-3-2/h2-5H,6,11H2,1H3,(H,12,14);3H2,1-2H3. The number of nitrogen functional groups attached to an aromatic ring is 1. The van der Waals surface area contributed by atoms with Crippen molar-refractivity contribution >= 4 is 17.6 Å². The lowest BCUT2D eigenvalue weighted by molar-refractivity contribution is -0.139. The molecule has 0 saturated heterocycles. The van der Waals surface area contributed by atoms with Gasteiger partial charge in [0.1, 0.15) is 6.54 Å². The summed E-state index contributed by atoms with van der Waals surface area (Å²) in [7, 11) is 1.26. The van der Waals surface area contributed by atoms with E-state index in [1.807, 2.05) is 0 Å². The highest BCUT2D eigenvalue weighted by molar-refractivity contribution is 6.00. The van der Waals surface area contributed by atoms with Gasteiger partial charge in [-0.15, -0.1) is 0 Å². The van der Waals surface area contributed by atoms with E-state index >= 15 is 0 Å². The largest absolute Gasteiger partial charge is 0.468 e. The van der Waals surface area contributed by atoms with Crippen molar-refractivity contribution in [1.29, 1.82) is 0 Å². The first-order chi connectivity index (χ1) is 8.56. The maximum absolute atomic E-state index is 11.5. The highest BCUT2D eigenvalue weighted by atomic mass is 16.5. The third kappa shape index (κ3) is 5.89. The van der Waals surface area contributed by atoms with Gasteiger partial charge in [0.2, 0.25) is 0 Å². The summed E-state index contributed by atoms with van der Waals surface area (Å²) in [6, 6.07) is 6.63. The lowest BCUT2D eigenvalue weighted by atomic mass is 10.2. The molecule has 0 aliphatic rings. The molecule has 0 atom stereocenters. The number of amides is 1. The first kappa shape index (κ1) is 16.0. The Labute approximate surface area is 107 Å². The van der Waals surface area contributed by atoms with Gasteiger partial charge in [-0.05, 0) is 12.1 Å². The van der Waals surface area contributed by atoms with Crippen LogP contribution in [0.2, 0.25) is 0 Å². The second kappa shape index (κ2) is 9.04. The minimum atomic E-state index is -0.502. The van der Waals surface area contributed by atoms with Crippen molar-refractivity contribution in [2.45, 2.75) is 20.3 Å². The Morgan fingerprint density at radius 3 is 2.33 bits per heavy atom. The fourth-order valence-electron chi connectivity index (χ4n) is 1.02. The molecule has 0 aromatic heterocycles. The lowest BCUT2D eigenvalue weighted by Gasteiger charge is -2.05. The molecule has 1 aromatic carbocycles. The summed E-state index contributed by atoms with van der Waals surface area (Å²) >= 11 is 0. The number of hydrogen-bond donors (Lipinski definition) is 2. The molecular formula is C13H20N2O3. The molecule has 1 rings (SSSR count). The Morgan fingerprint density at radius 2 is 1.83 bits per heavy atom. The number of ether oxygens (including phenoxy) is 1. The molecule has 18 heavy (non-hydrogen) atoms. The zero-order valence-corrected chi connectivity index (χ0v) is 11.0. The van der Waals surface area contributed by atoms with Gasteiger partial charge < -0.3 is 15.8 Å². The molecule has 0 aliphatic heterocycles. The van der Waals surface area contributed by atoms with Crippen LogP contribution in [0.5, 0.6) is 0 Å². The second-order valence-corrected chi connectivity index (χ2v) is 3.55. The zero-order valence-electron chi connectivity index (χ0n) is 11.0. The van der Waals surface area contributed by atoms with Gasteiger partial charge in [-0.25, -0.2) is 0 Å². The van der Waals surface area contributed by atoms with E-state index in [4.69, 9.17) is 5.73 Å². The van der Waals surface area contributed by atoms with Crippen molar-refractivity contribution < 1.29 is 14.3 Å². The SMILES string of the molecule is CCC.COC(=O)CNC(=O)c1ccccc1N. The third-order valence-corrected chi connectivity index (χ3v) is 1.83. The molecule has 100 valence electrons. The summed E-state index contributed by atoms with van der Waals surface area (Å²) in [5.41, 5.74) is 6.31. The summed E-state index contributed by atoms with van der Waals surface area (Å²) in [4.78, 5) is 22.3. The molecule has 5 heteroatoms. The van der Waals surface area contributed by atoms with Crippen LogP contribution in [0.3, 0.4) is 0 Å². The average Bonchev–Trinajstić information content (AvgIpc) is 2.37. The predicted molar refractivity (Wildman–Crippen MR) is 71.2 cm³/mol. The van der Waals surface area contributed by atoms with E-state index in [1.165, 1.54) is 13.5 Å². The Balaban J connectivity index is 0.000000873. The molecule has 5 nitrogen and oxygen atoms in total. The summed E-state index contributed by atoms with van der Waals surface area (Å²) in [6.07, 6.45) is 1.25. The topological polar surface area (TPSA) is 81.4 Å². The molecule has 1 aromatic rings. The van der Waals surface area contributed by atoms with Crippen LogP contribution in [0.15, 0.2) is 24.3 Å². The number of nitrogens with two attached hydrogens (primary N) is 1. The number of carbonyl (C=O) groups is 2. The highest BCUT2D eigenvalue weighted by Crippen LogP contribution is 2.09. The molecule has 1 amide bonds. The number of carbonyl (C=O) groups excluding carboxylic acids is 2. The van der Waals surface area contributed by atoms with Crippen LogP contribution < -0.4 is 11.1 Å². The molecule has 0 bridgehead atoms. The molecule has 0 fully saturated rings. The van der Waals surface area contributed by atoms with Crippen molar-refractivity contribution in [3.8, 4) is 0 Å². The molecule has 0 spiro atoms. The number of methoxy groups -OCH3 is 1. The van der Waals surface area contributed by atoms with E-state index in [1.54, 1.807) is 24.3 Å². The maximum atomic E-state index is 11.5. The number of rotatable bonds is 3.